The topological polar surface area (TPSA) is 35.1 Å². The first-order chi connectivity index (χ1) is 9.85. The summed E-state index contributed by atoms with van der Waals surface area (Å²) in [7, 11) is 3.74. The molecule has 0 unspecified atom stereocenters. The Labute approximate surface area is 120 Å². The molecule has 0 amide bonds. The van der Waals surface area contributed by atoms with E-state index in [1.165, 1.54) is 5.56 Å². The number of methoxy groups -OCH3 is 1. The van der Waals surface area contributed by atoms with Gasteiger partial charge in [0.15, 0.2) is 11.5 Å². The van der Waals surface area contributed by atoms with Crippen LogP contribution in [-0.4, -0.2) is 20.7 Å². The second kappa shape index (κ2) is 7.56. The molecular weight excluding hydrogens is 250 g/mol. The number of nitrogens with two attached hydrogens (primary N) is 1. The van der Waals surface area contributed by atoms with Crippen molar-refractivity contribution >= 4 is 0 Å². The molecule has 0 heterocycles. The third kappa shape index (κ3) is 3.75. The number of hydrogen-bond donors (Lipinski definition) is 1. The zero-order valence-corrected chi connectivity index (χ0v) is 12.1. The molecule has 0 saturated carbocycles. The van der Waals surface area contributed by atoms with Gasteiger partial charge in [0, 0.05) is 6.42 Å². The molecule has 2 aromatic rings. The second-order valence-electron chi connectivity index (χ2n) is 4.65. The molecule has 0 radical (unpaired) electrons. The van der Waals surface area contributed by atoms with Gasteiger partial charge in [0.05, 0.1) is 20.7 Å². The van der Waals surface area contributed by atoms with E-state index in [1.54, 1.807) is 7.11 Å². The van der Waals surface area contributed by atoms with Gasteiger partial charge in [-0.25, -0.2) is 0 Å². The van der Waals surface area contributed by atoms with E-state index in [0.717, 1.165) is 24.5 Å². The van der Waals surface area contributed by atoms with Crippen LogP contribution in [0.1, 0.15) is 18.1 Å². The molecule has 20 heavy (non-hydrogen) atoms. The van der Waals surface area contributed by atoms with Crippen molar-refractivity contribution < 1.29 is 14.8 Å². The van der Waals surface area contributed by atoms with Gasteiger partial charge in [0.25, 0.3) is 0 Å². The summed E-state index contributed by atoms with van der Waals surface area (Å²) in [6, 6.07) is 18.1. The highest BCUT2D eigenvalue weighted by molar-refractivity contribution is 5.40. The van der Waals surface area contributed by atoms with Crippen molar-refractivity contribution in [3.05, 3.63) is 60.2 Å². The molecule has 0 aliphatic carbocycles. The molecule has 1 atom stereocenters. The summed E-state index contributed by atoms with van der Waals surface area (Å²) in [6.45, 7) is 1.02. The normalized spacial score (nSPS) is 11.9. The molecule has 0 saturated heterocycles. The Morgan fingerprint density at radius 3 is 2.25 bits per heavy atom. The number of quaternary nitrogens is 1. The van der Waals surface area contributed by atoms with E-state index in [0.29, 0.717) is 0 Å². The first-order valence-corrected chi connectivity index (χ1v) is 6.97. The Morgan fingerprint density at radius 1 is 0.950 bits per heavy atom. The van der Waals surface area contributed by atoms with E-state index in [-0.39, 0.29) is 6.10 Å². The molecule has 2 N–H and O–H groups in total. The summed E-state index contributed by atoms with van der Waals surface area (Å²) in [5.41, 5.74) is 1.19. The molecule has 0 aliphatic heterocycles. The van der Waals surface area contributed by atoms with Crippen molar-refractivity contribution in [1.82, 2.24) is 0 Å². The Hall–Kier alpha value is -2.00. The maximum Gasteiger partial charge on any atom is 0.162 e. The predicted molar refractivity (Wildman–Crippen MR) is 80.1 cm³/mol. The highest BCUT2D eigenvalue weighted by atomic mass is 16.5. The minimum Gasteiger partial charge on any atom is -0.493 e. The summed E-state index contributed by atoms with van der Waals surface area (Å²) in [5, 5.41) is 2.17. The Bertz CT molecular complexity index is 513. The van der Waals surface area contributed by atoms with Crippen molar-refractivity contribution in [2.24, 2.45) is 0 Å². The van der Waals surface area contributed by atoms with Crippen LogP contribution in [0, 0.1) is 0 Å². The summed E-state index contributed by atoms with van der Waals surface area (Å²) >= 11 is 0. The van der Waals surface area contributed by atoms with Crippen LogP contribution in [0.2, 0.25) is 0 Å². The van der Waals surface area contributed by atoms with Gasteiger partial charge in [0.1, 0.15) is 6.10 Å². The zero-order valence-electron chi connectivity index (χ0n) is 12.1. The van der Waals surface area contributed by atoms with Gasteiger partial charge in [-0.2, -0.15) is 0 Å². The number of hydrogen-bond acceptors (Lipinski definition) is 2. The fourth-order valence-corrected chi connectivity index (χ4v) is 2.15. The second-order valence-corrected chi connectivity index (χ2v) is 4.65. The molecule has 0 aliphatic rings. The summed E-state index contributed by atoms with van der Waals surface area (Å²) in [4.78, 5) is 0. The molecule has 0 aromatic heterocycles. The third-order valence-electron chi connectivity index (χ3n) is 3.23. The summed E-state index contributed by atoms with van der Waals surface area (Å²) < 4.78 is 11.5. The van der Waals surface area contributed by atoms with Crippen molar-refractivity contribution in [3.63, 3.8) is 0 Å². The molecular formula is C17H22NO2+. The minimum atomic E-state index is 0.0451. The smallest absolute Gasteiger partial charge is 0.162 e. The lowest BCUT2D eigenvalue weighted by atomic mass is 10.1. The van der Waals surface area contributed by atoms with Gasteiger partial charge >= 0.3 is 0 Å². The van der Waals surface area contributed by atoms with Crippen LogP contribution >= 0.6 is 0 Å². The summed E-state index contributed by atoms with van der Waals surface area (Å²) in [5.74, 6) is 1.56. The maximum atomic E-state index is 6.18. The number of ether oxygens (including phenoxy) is 2. The van der Waals surface area contributed by atoms with Crippen LogP contribution in [0.4, 0.5) is 0 Å². The standard InChI is InChI=1S/C17H21NO2/c1-18-13-12-15(14-8-4-3-5-9-14)20-17-11-7-6-10-16(17)19-2/h3-11,15,18H,12-13H2,1-2H3/p+1/t15-/m0/s1. The van der Waals surface area contributed by atoms with Crippen LogP contribution in [0.3, 0.4) is 0 Å². The van der Waals surface area contributed by atoms with Crippen molar-refractivity contribution in [1.29, 1.82) is 0 Å². The Morgan fingerprint density at radius 2 is 1.60 bits per heavy atom. The average Bonchev–Trinajstić information content (AvgIpc) is 2.52. The van der Waals surface area contributed by atoms with Gasteiger partial charge in [-0.1, -0.05) is 42.5 Å². The van der Waals surface area contributed by atoms with E-state index in [1.807, 2.05) is 42.5 Å². The molecule has 106 valence electrons. The van der Waals surface area contributed by atoms with Crippen molar-refractivity contribution in [3.8, 4) is 11.5 Å². The average molecular weight is 272 g/mol. The lowest BCUT2D eigenvalue weighted by Gasteiger charge is -2.20. The maximum absolute atomic E-state index is 6.18. The SMILES string of the molecule is C[NH2+]CC[C@H](Oc1ccccc1OC)c1ccccc1. The molecule has 2 aromatic carbocycles. The van der Waals surface area contributed by atoms with Gasteiger partial charge in [0.2, 0.25) is 0 Å². The summed E-state index contributed by atoms with van der Waals surface area (Å²) in [6.07, 6.45) is 1.00. The van der Waals surface area contributed by atoms with Crippen molar-refractivity contribution in [2.75, 3.05) is 20.7 Å². The number of benzene rings is 2. The van der Waals surface area contributed by atoms with Gasteiger partial charge in [-0.15, -0.1) is 0 Å². The fraction of sp³-hybridized carbons (Fsp3) is 0.294. The highest BCUT2D eigenvalue weighted by Gasteiger charge is 2.15. The Kier molecular flexibility index (Phi) is 5.44. The predicted octanol–water partition coefficient (Wildman–Crippen LogP) is 2.40. The van der Waals surface area contributed by atoms with Crippen LogP contribution in [0.5, 0.6) is 11.5 Å². The van der Waals surface area contributed by atoms with E-state index in [9.17, 15) is 0 Å². The molecule has 3 heteroatoms. The van der Waals surface area contributed by atoms with E-state index in [4.69, 9.17) is 9.47 Å². The van der Waals surface area contributed by atoms with Crippen LogP contribution in [0.25, 0.3) is 0 Å². The molecule has 0 bridgehead atoms. The lowest BCUT2D eigenvalue weighted by molar-refractivity contribution is -0.628. The van der Waals surface area contributed by atoms with Crippen LogP contribution < -0.4 is 14.8 Å². The zero-order chi connectivity index (χ0) is 14.2. The molecule has 0 fully saturated rings. The minimum absolute atomic E-state index is 0.0451. The quantitative estimate of drug-likeness (QED) is 0.840. The highest BCUT2D eigenvalue weighted by Crippen LogP contribution is 2.31. The van der Waals surface area contributed by atoms with Crippen molar-refractivity contribution in [2.45, 2.75) is 12.5 Å². The largest absolute Gasteiger partial charge is 0.493 e. The number of rotatable bonds is 7. The van der Waals surface area contributed by atoms with E-state index in [2.05, 4.69) is 24.5 Å². The number of para-hydroxylation sites is 2. The Balaban J connectivity index is 2.19. The first kappa shape index (κ1) is 14.4. The third-order valence-corrected chi connectivity index (χ3v) is 3.23. The van der Waals surface area contributed by atoms with Gasteiger partial charge in [-0.05, 0) is 17.7 Å². The monoisotopic (exact) mass is 272 g/mol. The van der Waals surface area contributed by atoms with E-state index >= 15 is 0 Å². The lowest BCUT2D eigenvalue weighted by Crippen LogP contribution is -2.79. The van der Waals surface area contributed by atoms with Crippen LogP contribution in [-0.2, 0) is 0 Å². The van der Waals surface area contributed by atoms with E-state index < -0.39 is 0 Å². The first-order valence-electron chi connectivity index (χ1n) is 6.97. The fourth-order valence-electron chi connectivity index (χ4n) is 2.15. The molecule has 0 spiro atoms. The van der Waals surface area contributed by atoms with Gasteiger partial charge in [-0.3, -0.25) is 0 Å². The van der Waals surface area contributed by atoms with Gasteiger partial charge < -0.3 is 14.8 Å². The molecule has 2 rings (SSSR count). The molecule has 3 nitrogen and oxygen atoms in total. The van der Waals surface area contributed by atoms with Crippen LogP contribution in [0.15, 0.2) is 54.6 Å².